The van der Waals surface area contributed by atoms with Gasteiger partial charge in [0, 0.05) is 12.1 Å². The highest BCUT2D eigenvalue weighted by molar-refractivity contribution is 7.80. The summed E-state index contributed by atoms with van der Waals surface area (Å²) in [5.74, 6) is -0.767. The fourth-order valence-corrected chi connectivity index (χ4v) is 4.43. The topological polar surface area (TPSA) is 102 Å². The van der Waals surface area contributed by atoms with E-state index in [1.807, 2.05) is 0 Å². The summed E-state index contributed by atoms with van der Waals surface area (Å²) < 4.78 is 5.92. The molecule has 0 bridgehead atoms. The standard InChI is InChI=1S/C27H19Cl2N3O5S/c1-2-5-18-12-16(10-11-23(18)37-15-17-6-3-7-19(13-17)32(35)36)14-20-25(33)30-27(38)31(26(20)34)22-9-4-8-21(28)24(22)29/h2-4,6-14H,1,5,15H2,(H,30,33,38)/b20-14+. The van der Waals surface area contributed by atoms with Gasteiger partial charge in [-0.3, -0.25) is 29.9 Å². The van der Waals surface area contributed by atoms with Crippen molar-refractivity contribution in [2.75, 3.05) is 4.90 Å². The Balaban J connectivity index is 1.62. The van der Waals surface area contributed by atoms with Crippen molar-refractivity contribution in [2.45, 2.75) is 13.0 Å². The molecule has 0 saturated carbocycles. The highest BCUT2D eigenvalue weighted by Gasteiger charge is 2.35. The molecule has 0 radical (unpaired) electrons. The quantitative estimate of drug-likeness (QED) is 0.0888. The average molecular weight is 568 g/mol. The second-order valence-corrected chi connectivity index (χ2v) is 9.28. The van der Waals surface area contributed by atoms with Gasteiger partial charge in [-0.15, -0.1) is 6.58 Å². The molecule has 1 saturated heterocycles. The third kappa shape index (κ3) is 5.75. The molecular weight excluding hydrogens is 549 g/mol. The van der Waals surface area contributed by atoms with Crippen molar-refractivity contribution in [3.8, 4) is 5.75 Å². The minimum absolute atomic E-state index is 0.0256. The van der Waals surface area contributed by atoms with Gasteiger partial charge in [0.05, 0.1) is 20.7 Å². The van der Waals surface area contributed by atoms with E-state index in [-0.39, 0.29) is 38.7 Å². The number of nitrogens with one attached hydrogen (secondary N) is 1. The van der Waals surface area contributed by atoms with Gasteiger partial charge in [0.15, 0.2) is 5.11 Å². The normalized spacial score (nSPS) is 14.4. The summed E-state index contributed by atoms with van der Waals surface area (Å²) in [7, 11) is 0. The lowest BCUT2D eigenvalue weighted by Gasteiger charge is -2.29. The Morgan fingerprint density at radius 3 is 2.61 bits per heavy atom. The Morgan fingerprint density at radius 1 is 1.11 bits per heavy atom. The summed E-state index contributed by atoms with van der Waals surface area (Å²) in [5.41, 5.74) is 2.01. The first-order chi connectivity index (χ1) is 18.2. The third-order valence-corrected chi connectivity index (χ3v) is 6.64. The molecule has 1 heterocycles. The number of hydrogen-bond donors (Lipinski definition) is 1. The number of nitro benzene ring substituents is 1. The molecule has 0 spiro atoms. The van der Waals surface area contributed by atoms with Crippen molar-refractivity contribution < 1.29 is 19.2 Å². The molecule has 0 unspecified atom stereocenters. The van der Waals surface area contributed by atoms with Crippen LogP contribution in [0.2, 0.25) is 10.0 Å². The zero-order chi connectivity index (χ0) is 27.4. The van der Waals surface area contributed by atoms with E-state index in [2.05, 4.69) is 11.9 Å². The Bertz CT molecular complexity index is 1520. The zero-order valence-corrected chi connectivity index (χ0v) is 22.0. The predicted molar refractivity (Wildman–Crippen MR) is 150 cm³/mol. The number of nitrogens with zero attached hydrogens (tertiary/aromatic N) is 2. The lowest BCUT2D eigenvalue weighted by molar-refractivity contribution is -0.384. The van der Waals surface area contributed by atoms with Gasteiger partial charge in [0.1, 0.15) is 17.9 Å². The van der Waals surface area contributed by atoms with E-state index in [0.717, 1.165) is 10.5 Å². The van der Waals surface area contributed by atoms with E-state index in [1.54, 1.807) is 54.6 Å². The van der Waals surface area contributed by atoms with E-state index in [0.29, 0.717) is 23.3 Å². The van der Waals surface area contributed by atoms with Crippen LogP contribution in [0.25, 0.3) is 6.08 Å². The highest BCUT2D eigenvalue weighted by atomic mass is 35.5. The van der Waals surface area contributed by atoms with Crippen LogP contribution < -0.4 is 15.0 Å². The van der Waals surface area contributed by atoms with Crippen molar-refractivity contribution in [1.29, 1.82) is 0 Å². The number of thiocarbonyl (C=S) groups is 1. The lowest BCUT2D eigenvalue weighted by Crippen LogP contribution is -2.54. The number of carbonyl (C=O) groups is 2. The first-order valence-electron chi connectivity index (χ1n) is 11.1. The minimum Gasteiger partial charge on any atom is -0.489 e. The molecule has 0 aliphatic carbocycles. The molecule has 1 aliphatic rings. The smallest absolute Gasteiger partial charge is 0.270 e. The number of allylic oxidation sites excluding steroid dienone is 1. The number of amides is 2. The van der Waals surface area contributed by atoms with E-state index in [4.69, 9.17) is 40.2 Å². The van der Waals surface area contributed by atoms with Gasteiger partial charge < -0.3 is 4.74 Å². The van der Waals surface area contributed by atoms with Crippen molar-refractivity contribution in [3.63, 3.8) is 0 Å². The SMILES string of the molecule is C=CCc1cc(/C=C2\C(=O)NC(=S)N(c3cccc(Cl)c3Cl)C2=O)ccc1OCc1cccc([N+](=O)[O-])c1. The van der Waals surface area contributed by atoms with E-state index < -0.39 is 16.7 Å². The van der Waals surface area contributed by atoms with Crippen LogP contribution in [0.1, 0.15) is 16.7 Å². The van der Waals surface area contributed by atoms with Gasteiger partial charge in [-0.05, 0) is 65.7 Å². The molecule has 1 fully saturated rings. The molecular formula is C27H19Cl2N3O5S. The molecule has 1 aliphatic heterocycles. The summed E-state index contributed by atoms with van der Waals surface area (Å²) in [5, 5.41) is 13.8. The second kappa shape index (κ2) is 11.6. The van der Waals surface area contributed by atoms with Crippen LogP contribution in [0.4, 0.5) is 11.4 Å². The Kier molecular flexibility index (Phi) is 8.21. The predicted octanol–water partition coefficient (Wildman–Crippen LogP) is 6.04. The molecule has 1 N–H and O–H groups in total. The van der Waals surface area contributed by atoms with E-state index >= 15 is 0 Å². The molecule has 8 nitrogen and oxygen atoms in total. The first kappa shape index (κ1) is 27.0. The number of ether oxygens (including phenoxy) is 1. The number of halogens is 2. The summed E-state index contributed by atoms with van der Waals surface area (Å²) in [6.07, 6.45) is 3.57. The minimum atomic E-state index is -0.654. The van der Waals surface area contributed by atoms with Crippen LogP contribution in [0.15, 0.2) is 78.9 Å². The molecule has 3 aromatic carbocycles. The fraction of sp³-hybridized carbons (Fsp3) is 0.0741. The van der Waals surface area contributed by atoms with Crippen molar-refractivity contribution >= 4 is 69.8 Å². The van der Waals surface area contributed by atoms with Crippen LogP contribution >= 0.6 is 35.4 Å². The summed E-state index contributed by atoms with van der Waals surface area (Å²) in [4.78, 5) is 37.7. The number of benzene rings is 3. The Labute approximate surface area is 233 Å². The van der Waals surface area contributed by atoms with Crippen LogP contribution in [0, 0.1) is 10.1 Å². The third-order valence-electron chi connectivity index (χ3n) is 5.55. The molecule has 3 aromatic rings. The maximum absolute atomic E-state index is 13.3. The van der Waals surface area contributed by atoms with Crippen molar-refractivity contribution in [1.82, 2.24) is 5.32 Å². The second-order valence-electron chi connectivity index (χ2n) is 8.11. The van der Waals surface area contributed by atoms with Crippen molar-refractivity contribution in [3.05, 3.63) is 116 Å². The summed E-state index contributed by atoms with van der Waals surface area (Å²) >= 11 is 17.6. The van der Waals surface area contributed by atoms with Gasteiger partial charge in [0.2, 0.25) is 0 Å². The Hall–Kier alpha value is -4.05. The summed E-state index contributed by atoms with van der Waals surface area (Å²) in [6.45, 7) is 3.89. The first-order valence-corrected chi connectivity index (χ1v) is 12.3. The lowest BCUT2D eigenvalue weighted by atomic mass is 10.0. The largest absolute Gasteiger partial charge is 0.489 e. The van der Waals surface area contributed by atoms with Gasteiger partial charge in [-0.2, -0.15) is 0 Å². The van der Waals surface area contributed by atoms with Gasteiger partial charge in [0.25, 0.3) is 17.5 Å². The van der Waals surface area contributed by atoms with Crippen LogP contribution in [0.5, 0.6) is 5.75 Å². The molecule has 0 atom stereocenters. The Morgan fingerprint density at radius 2 is 1.87 bits per heavy atom. The van der Waals surface area contributed by atoms with Gasteiger partial charge in [-0.1, -0.05) is 53.5 Å². The number of carbonyl (C=O) groups excluding carboxylic acids is 2. The molecule has 192 valence electrons. The van der Waals surface area contributed by atoms with E-state index in [1.165, 1.54) is 18.2 Å². The van der Waals surface area contributed by atoms with Crippen LogP contribution in [0.3, 0.4) is 0 Å². The molecule has 4 rings (SSSR count). The van der Waals surface area contributed by atoms with E-state index in [9.17, 15) is 19.7 Å². The number of nitro groups is 1. The van der Waals surface area contributed by atoms with Gasteiger partial charge in [-0.25, -0.2) is 0 Å². The molecule has 38 heavy (non-hydrogen) atoms. The maximum atomic E-state index is 13.3. The van der Waals surface area contributed by atoms with Gasteiger partial charge >= 0.3 is 0 Å². The molecule has 2 amide bonds. The number of rotatable bonds is 8. The fourth-order valence-electron chi connectivity index (χ4n) is 3.77. The molecule has 0 aromatic heterocycles. The zero-order valence-electron chi connectivity index (χ0n) is 19.6. The molecule has 11 heteroatoms. The number of non-ortho nitro benzene ring substituents is 1. The highest BCUT2D eigenvalue weighted by Crippen LogP contribution is 2.34. The maximum Gasteiger partial charge on any atom is 0.270 e. The summed E-state index contributed by atoms with van der Waals surface area (Å²) in [6, 6.07) is 16.1. The average Bonchev–Trinajstić information content (AvgIpc) is 2.88. The van der Waals surface area contributed by atoms with Crippen LogP contribution in [-0.4, -0.2) is 21.9 Å². The van der Waals surface area contributed by atoms with Crippen molar-refractivity contribution in [2.24, 2.45) is 0 Å². The number of hydrogen-bond acceptors (Lipinski definition) is 6. The number of anilines is 1. The van der Waals surface area contributed by atoms with Crippen LogP contribution in [-0.2, 0) is 22.6 Å². The monoisotopic (exact) mass is 567 g/mol.